The second kappa shape index (κ2) is 6.22. The van der Waals surface area contributed by atoms with Gasteiger partial charge in [0.15, 0.2) is 0 Å². The van der Waals surface area contributed by atoms with Crippen LogP contribution in [0.15, 0.2) is 18.2 Å². The summed E-state index contributed by atoms with van der Waals surface area (Å²) in [6, 6.07) is 5.05. The molecule has 0 aliphatic carbocycles. The van der Waals surface area contributed by atoms with Gasteiger partial charge in [-0.2, -0.15) is 0 Å². The van der Waals surface area contributed by atoms with Crippen LogP contribution in [0.25, 0.3) is 0 Å². The van der Waals surface area contributed by atoms with Crippen molar-refractivity contribution in [2.75, 3.05) is 18.0 Å². The molecular weight excluding hydrogens is 256 g/mol. The van der Waals surface area contributed by atoms with E-state index in [-0.39, 0.29) is 10.6 Å². The van der Waals surface area contributed by atoms with Crippen LogP contribution in [0.3, 0.4) is 0 Å². The molecule has 0 amide bonds. The van der Waals surface area contributed by atoms with Gasteiger partial charge in [-0.05, 0) is 37.3 Å². The number of nitrogens with zero attached hydrogens (tertiary/aromatic N) is 2. The Morgan fingerprint density at radius 3 is 2.90 bits per heavy atom. The van der Waals surface area contributed by atoms with Gasteiger partial charge < -0.3 is 10.0 Å². The van der Waals surface area contributed by atoms with E-state index in [4.69, 9.17) is 0 Å². The van der Waals surface area contributed by atoms with Gasteiger partial charge in [-0.1, -0.05) is 19.4 Å². The number of benzene rings is 1. The van der Waals surface area contributed by atoms with Crippen molar-refractivity contribution in [1.82, 2.24) is 0 Å². The highest BCUT2D eigenvalue weighted by Gasteiger charge is 2.25. The highest BCUT2D eigenvalue weighted by Crippen LogP contribution is 2.34. The van der Waals surface area contributed by atoms with Gasteiger partial charge in [0, 0.05) is 19.2 Å². The second-order valence-electron chi connectivity index (χ2n) is 5.54. The Labute approximate surface area is 119 Å². The molecule has 1 aliphatic heterocycles. The third-order valence-electron chi connectivity index (χ3n) is 4.12. The van der Waals surface area contributed by atoms with Gasteiger partial charge >= 0.3 is 0 Å². The van der Waals surface area contributed by atoms with Crippen LogP contribution in [0.5, 0.6) is 0 Å². The number of nitro benzene ring substituents is 1. The number of piperidine rings is 1. The van der Waals surface area contributed by atoms with E-state index < -0.39 is 6.10 Å². The van der Waals surface area contributed by atoms with Gasteiger partial charge in [-0.15, -0.1) is 0 Å². The number of anilines is 1. The lowest BCUT2D eigenvalue weighted by atomic mass is 9.95. The van der Waals surface area contributed by atoms with E-state index in [1.807, 2.05) is 0 Å². The molecule has 1 heterocycles. The Morgan fingerprint density at radius 1 is 1.55 bits per heavy atom. The molecule has 5 nitrogen and oxygen atoms in total. The van der Waals surface area contributed by atoms with Crippen LogP contribution >= 0.6 is 0 Å². The molecule has 1 saturated heterocycles. The Morgan fingerprint density at radius 2 is 2.30 bits per heavy atom. The quantitative estimate of drug-likeness (QED) is 0.678. The van der Waals surface area contributed by atoms with Crippen molar-refractivity contribution in [3.8, 4) is 0 Å². The van der Waals surface area contributed by atoms with Crippen LogP contribution in [-0.4, -0.2) is 23.1 Å². The standard InChI is InChI=1S/C15H22N2O3/c1-3-12-5-4-8-16(10-12)14-7-6-13(11(2)18)9-15(14)17(19)20/h6-7,9,11-12,18H,3-5,8,10H2,1-2H3. The van der Waals surface area contributed by atoms with Crippen molar-refractivity contribution in [3.63, 3.8) is 0 Å². The van der Waals surface area contributed by atoms with E-state index in [9.17, 15) is 15.2 Å². The molecule has 0 saturated carbocycles. The summed E-state index contributed by atoms with van der Waals surface area (Å²) in [5.41, 5.74) is 1.36. The van der Waals surface area contributed by atoms with Crippen molar-refractivity contribution >= 4 is 11.4 Å². The highest BCUT2D eigenvalue weighted by atomic mass is 16.6. The van der Waals surface area contributed by atoms with Crippen LogP contribution in [0.1, 0.15) is 44.8 Å². The highest BCUT2D eigenvalue weighted by molar-refractivity contribution is 5.64. The minimum atomic E-state index is -0.688. The number of aliphatic hydroxyl groups excluding tert-OH is 1. The van der Waals surface area contributed by atoms with Crippen molar-refractivity contribution in [2.24, 2.45) is 5.92 Å². The molecular formula is C15H22N2O3. The molecule has 0 bridgehead atoms. The maximum Gasteiger partial charge on any atom is 0.292 e. The third-order valence-corrected chi connectivity index (χ3v) is 4.12. The van der Waals surface area contributed by atoms with Crippen LogP contribution in [0, 0.1) is 16.0 Å². The topological polar surface area (TPSA) is 66.6 Å². The normalized spacial score (nSPS) is 20.8. The number of hydrogen-bond donors (Lipinski definition) is 1. The van der Waals surface area contributed by atoms with Crippen molar-refractivity contribution in [2.45, 2.75) is 39.2 Å². The fourth-order valence-electron chi connectivity index (χ4n) is 2.83. The molecule has 1 fully saturated rings. The summed E-state index contributed by atoms with van der Waals surface area (Å²) in [4.78, 5) is 13.0. The first-order valence-corrected chi connectivity index (χ1v) is 7.24. The molecule has 2 atom stereocenters. The smallest absolute Gasteiger partial charge is 0.292 e. The Bertz CT molecular complexity index is 488. The minimum Gasteiger partial charge on any atom is -0.389 e. The molecule has 20 heavy (non-hydrogen) atoms. The summed E-state index contributed by atoms with van der Waals surface area (Å²) in [5, 5.41) is 20.9. The van der Waals surface area contributed by atoms with Gasteiger partial charge in [0.05, 0.1) is 11.0 Å². The first kappa shape index (κ1) is 14.8. The largest absolute Gasteiger partial charge is 0.389 e. The molecule has 5 heteroatoms. The number of aliphatic hydroxyl groups is 1. The van der Waals surface area contributed by atoms with Gasteiger partial charge in [0.1, 0.15) is 5.69 Å². The van der Waals surface area contributed by atoms with Gasteiger partial charge in [0.25, 0.3) is 5.69 Å². The molecule has 0 radical (unpaired) electrons. The lowest BCUT2D eigenvalue weighted by Gasteiger charge is -2.33. The first-order chi connectivity index (χ1) is 9.52. The molecule has 1 aromatic rings. The number of hydrogen-bond acceptors (Lipinski definition) is 4. The summed E-state index contributed by atoms with van der Waals surface area (Å²) in [7, 11) is 0. The molecule has 1 aromatic carbocycles. The van der Waals surface area contributed by atoms with Gasteiger partial charge in [-0.25, -0.2) is 0 Å². The van der Waals surface area contributed by atoms with E-state index >= 15 is 0 Å². The van der Waals surface area contributed by atoms with E-state index in [0.717, 1.165) is 25.9 Å². The van der Waals surface area contributed by atoms with Gasteiger partial charge in [0.2, 0.25) is 0 Å². The summed E-state index contributed by atoms with van der Waals surface area (Å²) in [5.74, 6) is 0.611. The van der Waals surface area contributed by atoms with Crippen molar-refractivity contribution in [3.05, 3.63) is 33.9 Å². The van der Waals surface area contributed by atoms with Crippen molar-refractivity contribution in [1.29, 1.82) is 0 Å². The summed E-state index contributed by atoms with van der Waals surface area (Å²) >= 11 is 0. The Kier molecular flexibility index (Phi) is 4.60. The van der Waals surface area contributed by atoms with E-state index in [2.05, 4.69) is 11.8 Å². The average Bonchev–Trinajstić information content (AvgIpc) is 2.46. The van der Waals surface area contributed by atoms with E-state index in [0.29, 0.717) is 17.2 Å². The zero-order chi connectivity index (χ0) is 14.7. The molecule has 1 aliphatic rings. The summed E-state index contributed by atoms with van der Waals surface area (Å²) in [6.45, 7) is 5.53. The maximum atomic E-state index is 11.3. The van der Waals surface area contributed by atoms with Crippen LogP contribution < -0.4 is 4.90 Å². The van der Waals surface area contributed by atoms with E-state index in [1.54, 1.807) is 19.1 Å². The minimum absolute atomic E-state index is 0.0974. The van der Waals surface area contributed by atoms with Crippen molar-refractivity contribution < 1.29 is 10.0 Å². The monoisotopic (exact) mass is 278 g/mol. The summed E-state index contributed by atoms with van der Waals surface area (Å²) < 4.78 is 0. The maximum absolute atomic E-state index is 11.3. The lowest BCUT2D eigenvalue weighted by molar-refractivity contribution is -0.384. The third kappa shape index (κ3) is 3.10. The second-order valence-corrected chi connectivity index (χ2v) is 5.54. The van der Waals surface area contributed by atoms with Gasteiger partial charge in [-0.3, -0.25) is 10.1 Å². The predicted octanol–water partition coefficient (Wildman–Crippen LogP) is 3.27. The van der Waals surface area contributed by atoms with Crippen LogP contribution in [0.4, 0.5) is 11.4 Å². The Hall–Kier alpha value is -1.62. The van der Waals surface area contributed by atoms with Crippen LogP contribution in [0.2, 0.25) is 0 Å². The number of rotatable bonds is 4. The Balaban J connectivity index is 2.32. The fourth-order valence-corrected chi connectivity index (χ4v) is 2.83. The number of nitro groups is 1. The first-order valence-electron chi connectivity index (χ1n) is 7.24. The molecule has 1 N–H and O–H groups in total. The molecule has 110 valence electrons. The van der Waals surface area contributed by atoms with E-state index in [1.165, 1.54) is 12.5 Å². The molecule has 0 aromatic heterocycles. The van der Waals surface area contributed by atoms with Crippen LogP contribution in [-0.2, 0) is 0 Å². The summed E-state index contributed by atoms with van der Waals surface area (Å²) in [6.07, 6.45) is 2.70. The lowest BCUT2D eigenvalue weighted by Crippen LogP contribution is -2.35. The zero-order valence-corrected chi connectivity index (χ0v) is 12.1. The fraction of sp³-hybridized carbons (Fsp3) is 0.600. The average molecular weight is 278 g/mol. The molecule has 2 rings (SSSR count). The SMILES string of the molecule is CCC1CCCN(c2ccc(C(C)O)cc2[N+](=O)[O-])C1. The molecule has 0 spiro atoms. The molecule has 2 unspecified atom stereocenters. The predicted molar refractivity (Wildman–Crippen MR) is 79.0 cm³/mol. The zero-order valence-electron chi connectivity index (χ0n) is 12.1.